The number of anilines is 1. The van der Waals surface area contributed by atoms with E-state index < -0.39 is 0 Å². The Morgan fingerprint density at radius 1 is 1.33 bits per heavy atom. The Balaban J connectivity index is 2.10. The van der Waals surface area contributed by atoms with Crippen LogP contribution in [0, 0.1) is 13.8 Å². The van der Waals surface area contributed by atoms with Gasteiger partial charge in [0.25, 0.3) is 0 Å². The van der Waals surface area contributed by atoms with E-state index in [1.807, 2.05) is 34.7 Å². The summed E-state index contributed by atoms with van der Waals surface area (Å²) in [5.41, 5.74) is 5.61. The molecule has 0 amide bonds. The normalized spacial score (nSPS) is 16.9. The van der Waals surface area contributed by atoms with E-state index in [9.17, 15) is 4.79 Å². The second-order valence-corrected chi connectivity index (χ2v) is 7.60. The molecule has 0 spiro atoms. The van der Waals surface area contributed by atoms with Crippen molar-refractivity contribution in [2.45, 2.75) is 26.8 Å². The van der Waals surface area contributed by atoms with Gasteiger partial charge < -0.3 is 10.1 Å². The van der Waals surface area contributed by atoms with Crippen molar-refractivity contribution in [1.82, 2.24) is 5.32 Å². The van der Waals surface area contributed by atoms with Crippen LogP contribution in [-0.4, -0.2) is 17.7 Å². The molecule has 3 rings (SSSR count). The summed E-state index contributed by atoms with van der Waals surface area (Å²) in [4.78, 5) is 14.7. The van der Waals surface area contributed by atoms with Crippen molar-refractivity contribution in [2.24, 2.45) is 0 Å². The van der Waals surface area contributed by atoms with E-state index in [0.717, 1.165) is 16.9 Å². The SMILES string of the molecule is C=CCOC(=O)C1=C(C)N(c2ccc(C)c(C)c2)C(=S)NC1c1ccsc1. The number of thiophene rings is 1. The minimum atomic E-state index is -0.368. The Kier molecular flexibility index (Phi) is 5.77. The van der Waals surface area contributed by atoms with Gasteiger partial charge in [-0.25, -0.2) is 4.79 Å². The van der Waals surface area contributed by atoms with Crippen molar-refractivity contribution >= 4 is 40.3 Å². The number of hydrogen-bond acceptors (Lipinski definition) is 4. The first-order valence-corrected chi connectivity index (χ1v) is 9.98. The zero-order valence-corrected chi connectivity index (χ0v) is 17.2. The van der Waals surface area contributed by atoms with Crippen LogP contribution < -0.4 is 10.2 Å². The Morgan fingerprint density at radius 2 is 2.11 bits per heavy atom. The summed E-state index contributed by atoms with van der Waals surface area (Å²) in [5.74, 6) is -0.368. The van der Waals surface area contributed by atoms with E-state index in [1.54, 1.807) is 17.4 Å². The Labute approximate surface area is 169 Å². The molecule has 0 saturated heterocycles. The van der Waals surface area contributed by atoms with Crippen LogP contribution in [0.3, 0.4) is 0 Å². The summed E-state index contributed by atoms with van der Waals surface area (Å²) in [6, 6.07) is 7.80. The largest absolute Gasteiger partial charge is 0.458 e. The van der Waals surface area contributed by atoms with Crippen molar-refractivity contribution in [1.29, 1.82) is 0 Å². The predicted molar refractivity (Wildman–Crippen MR) is 115 cm³/mol. The standard InChI is InChI=1S/C21H22N2O2S2/c1-5-9-25-20(24)18-15(4)23(17-7-6-13(2)14(3)11-17)21(26)22-19(18)16-8-10-27-12-16/h5-8,10-12,19H,1,9H2,2-4H3,(H,22,26). The number of ether oxygens (including phenoxy) is 1. The molecule has 0 radical (unpaired) electrons. The molecule has 1 N–H and O–H groups in total. The second kappa shape index (κ2) is 8.06. The van der Waals surface area contributed by atoms with E-state index in [2.05, 4.69) is 37.9 Å². The molecule has 1 aliphatic heterocycles. The van der Waals surface area contributed by atoms with Gasteiger partial charge in [0.2, 0.25) is 0 Å². The Bertz CT molecular complexity index is 916. The highest BCUT2D eigenvalue weighted by atomic mass is 32.1. The second-order valence-electron chi connectivity index (χ2n) is 6.43. The van der Waals surface area contributed by atoms with E-state index >= 15 is 0 Å². The molecule has 1 aromatic carbocycles. The molecule has 2 heterocycles. The fourth-order valence-corrected chi connectivity index (χ4v) is 4.13. The predicted octanol–water partition coefficient (Wildman–Crippen LogP) is 4.80. The molecule has 0 bridgehead atoms. The third-order valence-electron chi connectivity index (χ3n) is 4.66. The van der Waals surface area contributed by atoms with E-state index in [4.69, 9.17) is 17.0 Å². The molecule has 2 aromatic rings. The smallest absolute Gasteiger partial charge is 0.338 e. The third kappa shape index (κ3) is 3.82. The van der Waals surface area contributed by atoms with Crippen molar-refractivity contribution in [3.05, 3.63) is 75.6 Å². The van der Waals surface area contributed by atoms with Gasteiger partial charge in [-0.05, 0) is 78.6 Å². The average Bonchev–Trinajstić information content (AvgIpc) is 3.16. The van der Waals surface area contributed by atoms with Crippen LogP contribution in [0.25, 0.3) is 0 Å². The Morgan fingerprint density at radius 3 is 2.74 bits per heavy atom. The molecule has 1 aliphatic rings. The monoisotopic (exact) mass is 398 g/mol. The zero-order valence-electron chi connectivity index (χ0n) is 15.6. The van der Waals surface area contributed by atoms with Gasteiger partial charge in [0.15, 0.2) is 5.11 Å². The van der Waals surface area contributed by atoms with Gasteiger partial charge >= 0.3 is 5.97 Å². The fraction of sp³-hybridized carbons (Fsp3) is 0.238. The van der Waals surface area contributed by atoms with E-state index in [0.29, 0.717) is 10.7 Å². The zero-order chi connectivity index (χ0) is 19.6. The van der Waals surface area contributed by atoms with Crippen LogP contribution in [0.15, 0.2) is 59.0 Å². The van der Waals surface area contributed by atoms with Crippen LogP contribution in [0.2, 0.25) is 0 Å². The number of nitrogens with one attached hydrogen (secondary N) is 1. The van der Waals surface area contributed by atoms with Crippen molar-refractivity contribution in [3.8, 4) is 0 Å². The van der Waals surface area contributed by atoms with Crippen LogP contribution in [0.5, 0.6) is 0 Å². The lowest BCUT2D eigenvalue weighted by Gasteiger charge is -2.37. The Hall–Kier alpha value is -2.44. The van der Waals surface area contributed by atoms with E-state index in [-0.39, 0.29) is 18.6 Å². The quantitative estimate of drug-likeness (QED) is 0.445. The number of esters is 1. The van der Waals surface area contributed by atoms with Gasteiger partial charge in [0.1, 0.15) is 6.61 Å². The number of carbonyl (C=O) groups excluding carboxylic acids is 1. The molecular weight excluding hydrogens is 376 g/mol. The summed E-state index contributed by atoms with van der Waals surface area (Å²) in [6.07, 6.45) is 1.56. The van der Waals surface area contributed by atoms with Crippen molar-refractivity contribution in [2.75, 3.05) is 11.5 Å². The molecule has 4 nitrogen and oxygen atoms in total. The van der Waals surface area contributed by atoms with Gasteiger partial charge in [-0.1, -0.05) is 18.7 Å². The summed E-state index contributed by atoms with van der Waals surface area (Å²) in [7, 11) is 0. The number of hydrogen-bond donors (Lipinski definition) is 1. The molecule has 1 aromatic heterocycles. The van der Waals surface area contributed by atoms with Gasteiger partial charge in [-0.2, -0.15) is 11.3 Å². The van der Waals surface area contributed by atoms with Crippen molar-refractivity contribution in [3.63, 3.8) is 0 Å². The maximum absolute atomic E-state index is 12.8. The number of rotatable bonds is 5. The van der Waals surface area contributed by atoms with Crippen LogP contribution in [0.4, 0.5) is 5.69 Å². The molecular formula is C21H22N2O2S2. The number of thiocarbonyl (C=S) groups is 1. The van der Waals surface area contributed by atoms with Gasteiger partial charge in [-0.3, -0.25) is 4.90 Å². The van der Waals surface area contributed by atoms with Crippen LogP contribution in [0.1, 0.15) is 29.7 Å². The molecule has 0 aliphatic carbocycles. The first kappa shape index (κ1) is 19.3. The molecule has 1 unspecified atom stereocenters. The maximum Gasteiger partial charge on any atom is 0.338 e. The number of nitrogens with zero attached hydrogens (tertiary/aromatic N) is 1. The topological polar surface area (TPSA) is 41.6 Å². The van der Waals surface area contributed by atoms with Gasteiger partial charge in [0, 0.05) is 11.4 Å². The lowest BCUT2D eigenvalue weighted by atomic mass is 9.96. The average molecular weight is 399 g/mol. The molecule has 140 valence electrons. The number of carbonyl (C=O) groups is 1. The first-order valence-electron chi connectivity index (χ1n) is 8.62. The summed E-state index contributed by atoms with van der Waals surface area (Å²) in [5, 5.41) is 7.88. The molecule has 0 saturated carbocycles. The van der Waals surface area contributed by atoms with Crippen LogP contribution >= 0.6 is 23.6 Å². The van der Waals surface area contributed by atoms with Gasteiger partial charge in [0.05, 0.1) is 11.6 Å². The maximum atomic E-state index is 12.8. The minimum absolute atomic E-state index is 0.167. The molecule has 0 fully saturated rings. The number of allylic oxidation sites excluding steroid dienone is 1. The first-order chi connectivity index (χ1) is 12.9. The number of aryl methyl sites for hydroxylation is 2. The summed E-state index contributed by atoms with van der Waals surface area (Å²) < 4.78 is 5.37. The number of benzene rings is 1. The highest BCUT2D eigenvalue weighted by Gasteiger charge is 2.35. The van der Waals surface area contributed by atoms with Crippen molar-refractivity contribution < 1.29 is 9.53 Å². The van der Waals surface area contributed by atoms with Crippen LogP contribution in [-0.2, 0) is 9.53 Å². The molecule has 1 atom stereocenters. The highest BCUT2D eigenvalue weighted by molar-refractivity contribution is 7.80. The fourth-order valence-electron chi connectivity index (χ4n) is 3.08. The molecule has 6 heteroatoms. The van der Waals surface area contributed by atoms with Gasteiger partial charge in [-0.15, -0.1) is 0 Å². The molecule has 27 heavy (non-hydrogen) atoms. The van der Waals surface area contributed by atoms with E-state index in [1.165, 1.54) is 11.1 Å². The summed E-state index contributed by atoms with van der Waals surface area (Å²) in [6.45, 7) is 9.83. The minimum Gasteiger partial charge on any atom is -0.458 e. The lowest BCUT2D eigenvalue weighted by molar-refractivity contribution is -0.138. The summed E-state index contributed by atoms with van der Waals surface area (Å²) >= 11 is 7.24. The third-order valence-corrected chi connectivity index (χ3v) is 5.66. The highest BCUT2D eigenvalue weighted by Crippen LogP contribution is 2.35. The lowest BCUT2D eigenvalue weighted by Crippen LogP contribution is -2.48.